The fourth-order valence-corrected chi connectivity index (χ4v) is 1.77. The van der Waals surface area contributed by atoms with Crippen LogP contribution in [0.25, 0.3) is 0 Å². The standard InChI is InChI=1S/C15H23FN2O2/c1-9(2)18-15(19)11(4)20-14-7-6-12(16)8-13(14)10(3)17-5/h6-11,17H,1-5H3,(H,18,19). The van der Waals surface area contributed by atoms with E-state index in [1.54, 1.807) is 20.0 Å². The number of carbonyl (C=O) groups is 1. The first-order valence-electron chi connectivity index (χ1n) is 6.79. The second-order valence-corrected chi connectivity index (χ2v) is 5.12. The monoisotopic (exact) mass is 282 g/mol. The number of hydrogen-bond donors (Lipinski definition) is 2. The van der Waals surface area contributed by atoms with Crippen LogP contribution in [0.4, 0.5) is 4.39 Å². The smallest absolute Gasteiger partial charge is 0.260 e. The molecule has 0 fully saturated rings. The summed E-state index contributed by atoms with van der Waals surface area (Å²) in [5.74, 6) is 0.000719. The molecule has 0 saturated carbocycles. The summed E-state index contributed by atoms with van der Waals surface area (Å²) in [7, 11) is 1.79. The SMILES string of the molecule is CNC(C)c1cc(F)ccc1OC(C)C(=O)NC(C)C. The summed E-state index contributed by atoms with van der Waals surface area (Å²) in [5, 5.41) is 5.82. The van der Waals surface area contributed by atoms with Crippen molar-refractivity contribution >= 4 is 5.91 Å². The van der Waals surface area contributed by atoms with Gasteiger partial charge in [0.1, 0.15) is 11.6 Å². The van der Waals surface area contributed by atoms with Gasteiger partial charge in [0, 0.05) is 17.6 Å². The number of carbonyl (C=O) groups excluding carboxylic acids is 1. The van der Waals surface area contributed by atoms with Crippen molar-refractivity contribution in [3.63, 3.8) is 0 Å². The van der Waals surface area contributed by atoms with Gasteiger partial charge in [-0.15, -0.1) is 0 Å². The number of benzene rings is 1. The summed E-state index contributed by atoms with van der Waals surface area (Å²) in [5.41, 5.74) is 0.691. The highest BCUT2D eigenvalue weighted by molar-refractivity contribution is 5.80. The van der Waals surface area contributed by atoms with E-state index in [0.717, 1.165) is 0 Å². The molecule has 5 heteroatoms. The Morgan fingerprint density at radius 1 is 1.25 bits per heavy atom. The largest absolute Gasteiger partial charge is 0.481 e. The summed E-state index contributed by atoms with van der Waals surface area (Å²) in [6.45, 7) is 7.35. The van der Waals surface area contributed by atoms with E-state index in [4.69, 9.17) is 4.74 Å². The molecular formula is C15H23FN2O2. The second kappa shape index (κ2) is 7.24. The van der Waals surface area contributed by atoms with Gasteiger partial charge in [-0.2, -0.15) is 0 Å². The first-order valence-corrected chi connectivity index (χ1v) is 6.79. The second-order valence-electron chi connectivity index (χ2n) is 5.12. The first kappa shape index (κ1) is 16.4. The zero-order valence-corrected chi connectivity index (χ0v) is 12.7. The molecule has 1 aromatic rings. The maximum atomic E-state index is 13.3. The molecule has 0 bridgehead atoms. The average Bonchev–Trinajstić information content (AvgIpc) is 2.38. The summed E-state index contributed by atoms with van der Waals surface area (Å²) in [6, 6.07) is 4.29. The van der Waals surface area contributed by atoms with Crippen molar-refractivity contribution in [1.82, 2.24) is 10.6 Å². The number of halogens is 1. The maximum Gasteiger partial charge on any atom is 0.260 e. The minimum Gasteiger partial charge on any atom is -0.481 e. The van der Waals surface area contributed by atoms with Gasteiger partial charge in [-0.3, -0.25) is 4.79 Å². The highest BCUT2D eigenvalue weighted by Gasteiger charge is 2.19. The molecule has 0 aliphatic rings. The van der Waals surface area contributed by atoms with Gasteiger partial charge in [0.15, 0.2) is 6.10 Å². The van der Waals surface area contributed by atoms with Crippen LogP contribution >= 0.6 is 0 Å². The summed E-state index contributed by atoms with van der Waals surface area (Å²) >= 11 is 0. The van der Waals surface area contributed by atoms with Crippen molar-refractivity contribution < 1.29 is 13.9 Å². The molecule has 1 aromatic carbocycles. The minimum absolute atomic E-state index is 0.0532. The molecule has 2 atom stereocenters. The Bertz CT molecular complexity index is 463. The zero-order valence-electron chi connectivity index (χ0n) is 12.7. The van der Waals surface area contributed by atoms with Crippen LogP contribution in [-0.4, -0.2) is 25.1 Å². The van der Waals surface area contributed by atoms with Crippen LogP contribution in [0.15, 0.2) is 18.2 Å². The molecule has 4 nitrogen and oxygen atoms in total. The molecule has 112 valence electrons. The van der Waals surface area contributed by atoms with Crippen LogP contribution in [0.3, 0.4) is 0 Å². The maximum absolute atomic E-state index is 13.3. The molecule has 2 unspecified atom stereocenters. The molecule has 0 aromatic heterocycles. The van der Waals surface area contributed by atoms with Gasteiger partial charge in [-0.05, 0) is 52.9 Å². The van der Waals surface area contributed by atoms with Crippen molar-refractivity contribution in [2.75, 3.05) is 7.05 Å². The van der Waals surface area contributed by atoms with E-state index in [9.17, 15) is 9.18 Å². The van der Waals surface area contributed by atoms with Crippen molar-refractivity contribution in [1.29, 1.82) is 0 Å². The fourth-order valence-electron chi connectivity index (χ4n) is 1.77. The van der Waals surface area contributed by atoms with Crippen LogP contribution in [0.1, 0.15) is 39.3 Å². The van der Waals surface area contributed by atoms with Gasteiger partial charge in [-0.1, -0.05) is 0 Å². The quantitative estimate of drug-likeness (QED) is 0.842. The number of amides is 1. The molecule has 2 N–H and O–H groups in total. The average molecular weight is 282 g/mol. The highest BCUT2D eigenvalue weighted by Crippen LogP contribution is 2.26. The molecule has 0 spiro atoms. The van der Waals surface area contributed by atoms with Crippen molar-refractivity contribution in [3.05, 3.63) is 29.6 Å². The van der Waals surface area contributed by atoms with E-state index in [1.807, 2.05) is 20.8 Å². The van der Waals surface area contributed by atoms with Crippen LogP contribution in [-0.2, 0) is 4.79 Å². The Hall–Kier alpha value is -1.62. The Labute approximate surface area is 119 Å². The van der Waals surface area contributed by atoms with Crippen molar-refractivity contribution in [2.24, 2.45) is 0 Å². The molecule has 0 aliphatic carbocycles. The lowest BCUT2D eigenvalue weighted by Gasteiger charge is -2.21. The van der Waals surface area contributed by atoms with E-state index in [2.05, 4.69) is 10.6 Å². The van der Waals surface area contributed by atoms with Gasteiger partial charge in [0.25, 0.3) is 5.91 Å². The van der Waals surface area contributed by atoms with Crippen LogP contribution in [0.2, 0.25) is 0 Å². The predicted octanol–water partition coefficient (Wildman–Crippen LogP) is 2.40. The van der Waals surface area contributed by atoms with E-state index >= 15 is 0 Å². The molecule has 20 heavy (non-hydrogen) atoms. The molecule has 1 rings (SSSR count). The molecule has 0 heterocycles. The summed E-state index contributed by atoms with van der Waals surface area (Å²) in [6.07, 6.45) is -0.634. The fraction of sp³-hybridized carbons (Fsp3) is 0.533. The third-order valence-electron chi connectivity index (χ3n) is 2.98. The van der Waals surface area contributed by atoms with E-state index in [-0.39, 0.29) is 23.8 Å². The normalized spacial score (nSPS) is 13.9. The molecular weight excluding hydrogens is 259 g/mol. The Balaban J connectivity index is 2.88. The van der Waals surface area contributed by atoms with Gasteiger partial charge in [-0.25, -0.2) is 4.39 Å². The highest BCUT2D eigenvalue weighted by atomic mass is 19.1. The Morgan fingerprint density at radius 3 is 2.45 bits per heavy atom. The molecule has 1 amide bonds. The number of nitrogens with one attached hydrogen (secondary N) is 2. The topological polar surface area (TPSA) is 50.4 Å². The lowest BCUT2D eigenvalue weighted by molar-refractivity contribution is -0.127. The Morgan fingerprint density at radius 2 is 1.90 bits per heavy atom. The first-order chi connectivity index (χ1) is 9.35. The van der Waals surface area contributed by atoms with E-state index in [1.165, 1.54) is 12.1 Å². The zero-order chi connectivity index (χ0) is 15.3. The summed E-state index contributed by atoms with van der Waals surface area (Å²) in [4.78, 5) is 11.8. The van der Waals surface area contributed by atoms with Crippen LogP contribution < -0.4 is 15.4 Å². The van der Waals surface area contributed by atoms with Gasteiger partial charge in [0.2, 0.25) is 0 Å². The van der Waals surface area contributed by atoms with Gasteiger partial charge >= 0.3 is 0 Å². The summed E-state index contributed by atoms with van der Waals surface area (Å²) < 4.78 is 19.0. The van der Waals surface area contributed by atoms with E-state index in [0.29, 0.717) is 11.3 Å². The third kappa shape index (κ3) is 4.49. The van der Waals surface area contributed by atoms with Crippen molar-refractivity contribution in [3.8, 4) is 5.75 Å². The molecule has 0 aliphatic heterocycles. The minimum atomic E-state index is -0.634. The van der Waals surface area contributed by atoms with Gasteiger partial charge in [0.05, 0.1) is 0 Å². The van der Waals surface area contributed by atoms with E-state index < -0.39 is 6.10 Å². The number of hydrogen-bond acceptors (Lipinski definition) is 3. The molecule has 0 saturated heterocycles. The van der Waals surface area contributed by atoms with Crippen molar-refractivity contribution in [2.45, 2.75) is 45.9 Å². The lowest BCUT2D eigenvalue weighted by atomic mass is 10.1. The predicted molar refractivity (Wildman–Crippen MR) is 77.2 cm³/mol. The third-order valence-corrected chi connectivity index (χ3v) is 2.98. The lowest BCUT2D eigenvalue weighted by Crippen LogP contribution is -2.40. The van der Waals surface area contributed by atoms with Gasteiger partial charge < -0.3 is 15.4 Å². The number of ether oxygens (including phenoxy) is 1. The van der Waals surface area contributed by atoms with Crippen LogP contribution in [0.5, 0.6) is 5.75 Å². The molecule has 0 radical (unpaired) electrons. The Kier molecular flexibility index (Phi) is 5.95. The van der Waals surface area contributed by atoms with Crippen LogP contribution in [0, 0.1) is 5.82 Å². The number of rotatable bonds is 6.